The van der Waals surface area contributed by atoms with E-state index >= 15 is 0 Å². The summed E-state index contributed by atoms with van der Waals surface area (Å²) in [6.45, 7) is 9.07. The summed E-state index contributed by atoms with van der Waals surface area (Å²) >= 11 is 0. The molecule has 128 valence electrons. The van der Waals surface area contributed by atoms with E-state index < -0.39 is 11.9 Å². The van der Waals surface area contributed by atoms with E-state index in [0.717, 1.165) is 0 Å². The van der Waals surface area contributed by atoms with E-state index in [1.165, 1.54) is 0 Å². The van der Waals surface area contributed by atoms with Gasteiger partial charge in [-0.15, -0.1) is 0 Å². The number of ether oxygens (including phenoxy) is 2. The maximum Gasteiger partial charge on any atom is 0.340 e. The summed E-state index contributed by atoms with van der Waals surface area (Å²) in [7, 11) is 0. The van der Waals surface area contributed by atoms with Crippen LogP contribution >= 0.6 is 0 Å². The fraction of sp³-hybridized carbons (Fsp3) is 0.389. The Labute approximate surface area is 140 Å². The molecule has 24 heavy (non-hydrogen) atoms. The second kappa shape index (κ2) is 7.29. The number of nitrogens with zero attached hydrogens (tertiary/aromatic N) is 1. The molecule has 2 aromatic rings. The van der Waals surface area contributed by atoms with Crippen molar-refractivity contribution in [3.63, 3.8) is 0 Å². The number of carbonyl (C=O) groups excluding carboxylic acids is 2. The number of furan rings is 1. The Kier molecular flexibility index (Phi) is 5.39. The molecule has 0 atom stereocenters. The monoisotopic (exact) mass is 331 g/mol. The molecule has 2 rings (SSSR count). The van der Waals surface area contributed by atoms with Gasteiger partial charge in [-0.3, -0.25) is 4.98 Å². The standard InChI is InChI=1S/C18H21NO5/c1-6-22-17(20)14-11(4)19-12(5)15(18(21)23-7-2)16(14)13-9-8-10(3)24-13/h8-9H,6-7H2,1-5H3. The number of hydrogen-bond donors (Lipinski definition) is 0. The topological polar surface area (TPSA) is 78.6 Å². The third kappa shape index (κ3) is 3.32. The first kappa shape index (κ1) is 17.7. The molecule has 2 heterocycles. The Bertz CT molecular complexity index is 734. The van der Waals surface area contributed by atoms with Crippen LogP contribution in [-0.2, 0) is 9.47 Å². The van der Waals surface area contributed by atoms with E-state index in [1.807, 2.05) is 0 Å². The average molecular weight is 331 g/mol. The van der Waals surface area contributed by atoms with Crippen LogP contribution in [0.25, 0.3) is 11.3 Å². The molecule has 0 spiro atoms. The highest BCUT2D eigenvalue weighted by Gasteiger charge is 2.29. The zero-order valence-corrected chi connectivity index (χ0v) is 14.6. The number of rotatable bonds is 5. The molecule has 0 fully saturated rings. The number of carbonyl (C=O) groups is 2. The summed E-state index contributed by atoms with van der Waals surface area (Å²) < 4.78 is 16.0. The third-order valence-electron chi connectivity index (χ3n) is 3.50. The number of esters is 2. The van der Waals surface area contributed by atoms with Gasteiger partial charge in [0.15, 0.2) is 0 Å². The van der Waals surface area contributed by atoms with Crippen LogP contribution in [0.4, 0.5) is 0 Å². The summed E-state index contributed by atoms with van der Waals surface area (Å²) in [4.78, 5) is 29.2. The summed E-state index contributed by atoms with van der Waals surface area (Å²) in [6, 6.07) is 3.49. The number of aromatic nitrogens is 1. The molecule has 0 aliphatic heterocycles. The van der Waals surface area contributed by atoms with Crippen LogP contribution in [0.1, 0.15) is 51.7 Å². The van der Waals surface area contributed by atoms with E-state index in [-0.39, 0.29) is 24.3 Å². The van der Waals surface area contributed by atoms with Crippen LogP contribution in [0, 0.1) is 20.8 Å². The first-order valence-electron chi connectivity index (χ1n) is 7.82. The van der Waals surface area contributed by atoms with Crippen molar-refractivity contribution >= 4 is 11.9 Å². The van der Waals surface area contributed by atoms with Crippen LogP contribution < -0.4 is 0 Å². The minimum Gasteiger partial charge on any atom is -0.462 e. The lowest BCUT2D eigenvalue weighted by Crippen LogP contribution is -2.17. The lowest BCUT2D eigenvalue weighted by Gasteiger charge is -2.16. The highest BCUT2D eigenvalue weighted by Crippen LogP contribution is 2.33. The molecule has 0 saturated heterocycles. The normalized spacial score (nSPS) is 10.5. The molecule has 0 aliphatic carbocycles. The average Bonchev–Trinajstić information content (AvgIpc) is 2.93. The second-order valence-electron chi connectivity index (χ2n) is 5.26. The van der Waals surface area contributed by atoms with E-state index in [0.29, 0.717) is 28.5 Å². The molecular weight excluding hydrogens is 310 g/mol. The van der Waals surface area contributed by atoms with Gasteiger partial charge in [-0.05, 0) is 46.8 Å². The maximum atomic E-state index is 12.5. The molecule has 6 nitrogen and oxygen atoms in total. The second-order valence-corrected chi connectivity index (χ2v) is 5.26. The molecule has 0 aromatic carbocycles. The minimum absolute atomic E-state index is 0.220. The number of pyridine rings is 1. The van der Waals surface area contributed by atoms with Gasteiger partial charge in [0.05, 0.1) is 35.7 Å². The highest BCUT2D eigenvalue weighted by molar-refractivity contribution is 6.06. The first-order valence-corrected chi connectivity index (χ1v) is 7.82. The highest BCUT2D eigenvalue weighted by atomic mass is 16.5. The maximum absolute atomic E-state index is 12.5. The van der Waals surface area contributed by atoms with Crippen LogP contribution in [0.15, 0.2) is 16.5 Å². The molecule has 0 saturated carbocycles. The molecule has 0 amide bonds. The largest absolute Gasteiger partial charge is 0.462 e. The van der Waals surface area contributed by atoms with E-state index in [1.54, 1.807) is 46.8 Å². The quantitative estimate of drug-likeness (QED) is 0.779. The molecule has 0 aliphatic rings. The molecule has 6 heteroatoms. The van der Waals surface area contributed by atoms with Crippen molar-refractivity contribution < 1.29 is 23.5 Å². The number of hydrogen-bond acceptors (Lipinski definition) is 6. The van der Waals surface area contributed by atoms with Gasteiger partial charge >= 0.3 is 11.9 Å². The van der Waals surface area contributed by atoms with Gasteiger partial charge in [-0.2, -0.15) is 0 Å². The van der Waals surface area contributed by atoms with Crippen LogP contribution in [0.2, 0.25) is 0 Å². The third-order valence-corrected chi connectivity index (χ3v) is 3.50. The number of aryl methyl sites for hydroxylation is 3. The summed E-state index contributed by atoms with van der Waals surface area (Å²) in [5.41, 5.74) is 1.76. The van der Waals surface area contributed by atoms with Gasteiger partial charge < -0.3 is 13.9 Å². The SMILES string of the molecule is CCOC(=O)c1c(C)nc(C)c(C(=O)OCC)c1-c1ccc(C)o1. The van der Waals surface area contributed by atoms with Gasteiger partial charge in [0.25, 0.3) is 0 Å². The lowest BCUT2D eigenvalue weighted by molar-refractivity contribution is 0.0524. The van der Waals surface area contributed by atoms with Gasteiger partial charge in [0.1, 0.15) is 11.5 Å². The lowest BCUT2D eigenvalue weighted by atomic mass is 9.96. The van der Waals surface area contributed by atoms with Gasteiger partial charge in [0.2, 0.25) is 0 Å². The fourth-order valence-electron chi connectivity index (χ4n) is 2.57. The van der Waals surface area contributed by atoms with Crippen molar-refractivity contribution in [1.29, 1.82) is 0 Å². The Morgan fingerprint density at radius 3 is 1.83 bits per heavy atom. The minimum atomic E-state index is -0.544. The smallest absolute Gasteiger partial charge is 0.340 e. The van der Waals surface area contributed by atoms with Crippen LogP contribution in [-0.4, -0.2) is 30.1 Å². The van der Waals surface area contributed by atoms with E-state index in [2.05, 4.69) is 4.98 Å². The van der Waals surface area contributed by atoms with E-state index in [4.69, 9.17) is 13.9 Å². The Hall–Kier alpha value is -2.63. The van der Waals surface area contributed by atoms with Crippen LogP contribution in [0.5, 0.6) is 0 Å². The molecule has 0 unspecified atom stereocenters. The van der Waals surface area contributed by atoms with Crippen molar-refractivity contribution in [2.45, 2.75) is 34.6 Å². The Balaban J connectivity index is 2.81. The zero-order chi connectivity index (χ0) is 17.9. The van der Waals surface area contributed by atoms with Crippen molar-refractivity contribution in [1.82, 2.24) is 4.98 Å². The molecular formula is C18H21NO5. The Morgan fingerprint density at radius 2 is 1.46 bits per heavy atom. The summed E-state index contributed by atoms with van der Waals surface area (Å²) in [5.74, 6) is -0.0110. The fourth-order valence-corrected chi connectivity index (χ4v) is 2.57. The molecule has 0 radical (unpaired) electrons. The zero-order valence-electron chi connectivity index (χ0n) is 14.6. The Morgan fingerprint density at radius 1 is 0.958 bits per heavy atom. The first-order chi connectivity index (χ1) is 11.4. The van der Waals surface area contributed by atoms with Crippen molar-refractivity contribution in [2.24, 2.45) is 0 Å². The molecule has 0 bridgehead atoms. The van der Waals surface area contributed by atoms with Gasteiger partial charge in [-0.25, -0.2) is 9.59 Å². The van der Waals surface area contributed by atoms with Gasteiger partial charge in [0, 0.05) is 5.56 Å². The predicted octanol–water partition coefficient (Wildman–Crippen LogP) is 3.62. The predicted molar refractivity (Wildman–Crippen MR) is 88.1 cm³/mol. The van der Waals surface area contributed by atoms with Crippen molar-refractivity contribution in [3.8, 4) is 11.3 Å². The summed E-state index contributed by atoms with van der Waals surface area (Å²) in [5, 5.41) is 0. The molecule has 2 aromatic heterocycles. The van der Waals surface area contributed by atoms with E-state index in [9.17, 15) is 9.59 Å². The van der Waals surface area contributed by atoms with Crippen molar-refractivity contribution in [2.75, 3.05) is 13.2 Å². The summed E-state index contributed by atoms with van der Waals surface area (Å²) in [6.07, 6.45) is 0. The van der Waals surface area contributed by atoms with Gasteiger partial charge in [-0.1, -0.05) is 0 Å². The van der Waals surface area contributed by atoms with Crippen LogP contribution in [0.3, 0.4) is 0 Å². The van der Waals surface area contributed by atoms with Crippen molar-refractivity contribution in [3.05, 3.63) is 40.4 Å². The molecule has 0 N–H and O–H groups in total.